The lowest BCUT2D eigenvalue weighted by atomic mass is 10.2. The predicted molar refractivity (Wildman–Crippen MR) is 68.5 cm³/mol. The Kier molecular flexibility index (Phi) is 4.41. The maximum atomic E-state index is 13.5. The number of nitrogens with two attached hydrogens (primary N) is 1. The molecule has 0 fully saturated rings. The Morgan fingerprint density at radius 3 is 2.80 bits per heavy atom. The molecule has 106 valence electrons. The number of hydrogen-bond donors (Lipinski definition) is 1. The summed E-state index contributed by atoms with van der Waals surface area (Å²) in [5, 5.41) is 3.85. The molecule has 2 N–H and O–H groups in total. The number of aromatic nitrogens is 2. The fourth-order valence-electron chi connectivity index (χ4n) is 1.62. The van der Waals surface area contributed by atoms with E-state index in [4.69, 9.17) is 10.5 Å². The summed E-state index contributed by atoms with van der Waals surface area (Å²) in [6.45, 7) is 0.431. The van der Waals surface area contributed by atoms with Crippen LogP contribution in [0.1, 0.15) is 5.56 Å². The fourth-order valence-corrected chi connectivity index (χ4v) is 1.62. The first-order valence-electron chi connectivity index (χ1n) is 5.94. The smallest absolute Gasteiger partial charge is 0.270 e. The second kappa shape index (κ2) is 6.25. The number of nitrogens with zero attached hydrogens (tertiary/aromatic N) is 2. The molecule has 0 bridgehead atoms. The number of halogens is 2. The maximum Gasteiger partial charge on any atom is 0.270 e. The van der Waals surface area contributed by atoms with Crippen molar-refractivity contribution >= 4 is 0 Å². The van der Waals surface area contributed by atoms with E-state index < -0.39 is 17.2 Å². The molecule has 0 spiro atoms. The molecule has 0 amide bonds. The Balaban J connectivity index is 2.21. The van der Waals surface area contributed by atoms with Crippen molar-refractivity contribution in [2.75, 3.05) is 13.2 Å². The summed E-state index contributed by atoms with van der Waals surface area (Å²) in [5.41, 5.74) is 4.85. The molecule has 1 aromatic carbocycles. The Labute approximate surface area is 113 Å². The highest BCUT2D eigenvalue weighted by molar-refractivity contribution is 5.20. The topological polar surface area (TPSA) is 70.1 Å². The molecule has 1 aromatic heterocycles. The third kappa shape index (κ3) is 3.39. The molecule has 7 heteroatoms. The summed E-state index contributed by atoms with van der Waals surface area (Å²) >= 11 is 0. The van der Waals surface area contributed by atoms with Gasteiger partial charge in [0.2, 0.25) is 0 Å². The Bertz CT molecular complexity index is 658. The molecule has 0 aliphatic heterocycles. The predicted octanol–water partition coefficient (Wildman–Crippen LogP) is 0.907. The minimum atomic E-state index is -0.594. The van der Waals surface area contributed by atoms with Crippen LogP contribution >= 0.6 is 0 Å². The van der Waals surface area contributed by atoms with Crippen LogP contribution in [0.15, 0.2) is 35.3 Å². The van der Waals surface area contributed by atoms with Gasteiger partial charge in [-0.1, -0.05) is 0 Å². The van der Waals surface area contributed by atoms with Crippen LogP contribution in [0.25, 0.3) is 0 Å². The van der Waals surface area contributed by atoms with Gasteiger partial charge in [-0.3, -0.25) is 4.79 Å². The minimum absolute atomic E-state index is 0.0511. The van der Waals surface area contributed by atoms with Crippen molar-refractivity contribution in [3.05, 3.63) is 58.0 Å². The molecule has 2 rings (SSSR count). The third-order valence-electron chi connectivity index (χ3n) is 2.56. The van der Waals surface area contributed by atoms with Gasteiger partial charge < -0.3 is 10.5 Å². The number of benzene rings is 1. The summed E-state index contributed by atoms with van der Waals surface area (Å²) in [6, 6.07) is 4.27. The van der Waals surface area contributed by atoms with Crippen LogP contribution in [0.3, 0.4) is 0 Å². The van der Waals surface area contributed by atoms with E-state index in [0.717, 1.165) is 22.9 Å². The highest BCUT2D eigenvalue weighted by Gasteiger charge is 2.07. The summed E-state index contributed by atoms with van der Waals surface area (Å²) < 4.78 is 32.7. The molecule has 0 atom stereocenters. The molecule has 0 unspecified atom stereocenters. The zero-order valence-corrected chi connectivity index (χ0v) is 10.6. The Morgan fingerprint density at radius 2 is 2.10 bits per heavy atom. The summed E-state index contributed by atoms with van der Waals surface area (Å²) in [4.78, 5) is 11.8. The molecular weight excluding hydrogens is 268 g/mol. The first-order chi connectivity index (χ1) is 9.60. The van der Waals surface area contributed by atoms with Crippen molar-refractivity contribution < 1.29 is 13.5 Å². The van der Waals surface area contributed by atoms with Gasteiger partial charge in [0.1, 0.15) is 24.0 Å². The van der Waals surface area contributed by atoms with Gasteiger partial charge in [-0.2, -0.15) is 5.10 Å². The molecule has 0 saturated heterocycles. The molecule has 5 nitrogen and oxygen atoms in total. The lowest BCUT2D eigenvalue weighted by Gasteiger charge is -2.08. The van der Waals surface area contributed by atoms with Crippen molar-refractivity contribution in [3.63, 3.8) is 0 Å². The Morgan fingerprint density at radius 1 is 1.30 bits per heavy atom. The highest BCUT2D eigenvalue weighted by atomic mass is 19.1. The van der Waals surface area contributed by atoms with E-state index in [1.807, 2.05) is 0 Å². The zero-order chi connectivity index (χ0) is 14.5. The van der Waals surface area contributed by atoms with Crippen LogP contribution in [0.2, 0.25) is 0 Å². The van der Waals surface area contributed by atoms with Gasteiger partial charge in [-0.25, -0.2) is 13.5 Å². The third-order valence-corrected chi connectivity index (χ3v) is 2.56. The van der Waals surface area contributed by atoms with Gasteiger partial charge in [-0.15, -0.1) is 0 Å². The van der Waals surface area contributed by atoms with Gasteiger partial charge in [0.05, 0.1) is 12.7 Å². The van der Waals surface area contributed by atoms with E-state index in [2.05, 4.69) is 5.10 Å². The highest BCUT2D eigenvalue weighted by Crippen LogP contribution is 2.11. The van der Waals surface area contributed by atoms with E-state index in [0.29, 0.717) is 6.54 Å². The van der Waals surface area contributed by atoms with E-state index in [-0.39, 0.29) is 24.5 Å². The summed E-state index contributed by atoms with van der Waals surface area (Å²) in [5.74, 6) is -0.877. The fraction of sp³-hybridized carbons (Fsp3) is 0.231. The maximum absolute atomic E-state index is 13.5. The monoisotopic (exact) mass is 281 g/mol. The molecule has 0 radical (unpaired) electrons. The lowest BCUT2D eigenvalue weighted by Crippen LogP contribution is -2.23. The van der Waals surface area contributed by atoms with E-state index >= 15 is 0 Å². The molecule has 0 saturated carbocycles. The largest absolute Gasteiger partial charge is 0.490 e. The van der Waals surface area contributed by atoms with Crippen molar-refractivity contribution in [2.24, 2.45) is 5.73 Å². The molecule has 2 aromatic rings. The molecule has 0 aliphatic carbocycles. The van der Waals surface area contributed by atoms with Crippen LogP contribution in [-0.4, -0.2) is 22.9 Å². The van der Waals surface area contributed by atoms with Gasteiger partial charge in [0.15, 0.2) is 0 Å². The second-order valence-electron chi connectivity index (χ2n) is 4.06. The van der Waals surface area contributed by atoms with Crippen molar-refractivity contribution in [2.45, 2.75) is 6.54 Å². The quantitative estimate of drug-likeness (QED) is 0.884. The molecule has 0 aliphatic rings. The van der Waals surface area contributed by atoms with E-state index in [9.17, 15) is 13.6 Å². The van der Waals surface area contributed by atoms with E-state index in [1.54, 1.807) is 0 Å². The molecule has 20 heavy (non-hydrogen) atoms. The minimum Gasteiger partial charge on any atom is -0.490 e. The van der Waals surface area contributed by atoms with Crippen molar-refractivity contribution in [1.82, 2.24) is 9.78 Å². The second-order valence-corrected chi connectivity index (χ2v) is 4.06. The van der Waals surface area contributed by atoms with Crippen molar-refractivity contribution in [1.29, 1.82) is 0 Å². The Hall–Kier alpha value is -2.28. The molecular formula is C13H13F2N3O2. The van der Waals surface area contributed by atoms with Gasteiger partial charge in [0, 0.05) is 18.2 Å². The van der Waals surface area contributed by atoms with Crippen LogP contribution in [0.5, 0.6) is 5.75 Å². The van der Waals surface area contributed by atoms with E-state index in [1.165, 1.54) is 12.3 Å². The van der Waals surface area contributed by atoms with Crippen molar-refractivity contribution in [3.8, 4) is 5.75 Å². The van der Waals surface area contributed by atoms with Crippen LogP contribution in [-0.2, 0) is 6.54 Å². The first kappa shape index (κ1) is 14.1. The SMILES string of the molecule is NCCOc1cnn(Cc2cc(F)ccc2F)c(=O)c1. The first-order valence-corrected chi connectivity index (χ1v) is 5.94. The number of hydrogen-bond acceptors (Lipinski definition) is 4. The molecule has 1 heterocycles. The standard InChI is InChI=1S/C13H13F2N3O2/c14-10-1-2-12(15)9(5-10)8-18-13(19)6-11(7-17-18)20-4-3-16/h1-2,5-7H,3-4,8,16H2. The number of rotatable bonds is 5. The van der Waals surface area contributed by atoms with Gasteiger partial charge in [0.25, 0.3) is 5.56 Å². The zero-order valence-electron chi connectivity index (χ0n) is 10.6. The van der Waals surface area contributed by atoms with Crippen LogP contribution < -0.4 is 16.0 Å². The van der Waals surface area contributed by atoms with Crippen LogP contribution in [0, 0.1) is 11.6 Å². The number of ether oxygens (including phenoxy) is 1. The van der Waals surface area contributed by atoms with Crippen LogP contribution in [0.4, 0.5) is 8.78 Å². The summed E-state index contributed by atoms with van der Waals surface area (Å²) in [6.07, 6.45) is 1.33. The normalized spacial score (nSPS) is 10.6. The average Bonchev–Trinajstić information content (AvgIpc) is 2.43. The summed E-state index contributed by atoms with van der Waals surface area (Å²) in [7, 11) is 0. The van der Waals surface area contributed by atoms with Gasteiger partial charge in [-0.05, 0) is 18.2 Å². The van der Waals surface area contributed by atoms with Gasteiger partial charge >= 0.3 is 0 Å². The lowest BCUT2D eigenvalue weighted by molar-refractivity contribution is 0.324. The average molecular weight is 281 g/mol.